The monoisotopic (exact) mass is 175 g/mol. The molecule has 0 amide bonds. The molecule has 0 aliphatic heterocycles. The molecule has 70 valence electrons. The summed E-state index contributed by atoms with van der Waals surface area (Å²) >= 11 is 0. The minimum absolute atomic E-state index is 1.02. The van der Waals surface area contributed by atoms with Crippen molar-refractivity contribution in [2.45, 2.75) is 19.8 Å². The second-order valence-corrected chi connectivity index (χ2v) is 3.17. The van der Waals surface area contributed by atoms with E-state index in [9.17, 15) is 0 Å². The van der Waals surface area contributed by atoms with Crippen LogP contribution in [0, 0.1) is 6.92 Å². The van der Waals surface area contributed by atoms with Gasteiger partial charge in [-0.05, 0) is 31.4 Å². The van der Waals surface area contributed by atoms with Crippen LogP contribution in [0.2, 0.25) is 0 Å². The number of para-hydroxylation sites is 1. The molecule has 0 unspecified atom stereocenters. The van der Waals surface area contributed by atoms with Crippen molar-refractivity contribution >= 4 is 5.69 Å². The van der Waals surface area contributed by atoms with Crippen molar-refractivity contribution in [3.63, 3.8) is 0 Å². The molecule has 0 spiro atoms. The Hall–Kier alpha value is -1.24. The van der Waals surface area contributed by atoms with Gasteiger partial charge in [-0.15, -0.1) is 6.58 Å². The maximum absolute atomic E-state index is 3.70. The van der Waals surface area contributed by atoms with Crippen molar-refractivity contribution in [3.05, 3.63) is 42.5 Å². The van der Waals surface area contributed by atoms with Crippen LogP contribution < -0.4 is 5.32 Å². The number of hydrogen-bond donors (Lipinski definition) is 1. The molecular weight excluding hydrogens is 158 g/mol. The zero-order valence-electron chi connectivity index (χ0n) is 8.22. The van der Waals surface area contributed by atoms with Crippen LogP contribution in [0.4, 0.5) is 5.69 Å². The summed E-state index contributed by atoms with van der Waals surface area (Å²) in [6.45, 7) is 6.84. The quantitative estimate of drug-likeness (QED) is 0.534. The summed E-state index contributed by atoms with van der Waals surface area (Å²) in [6.07, 6.45) is 4.19. The molecule has 1 heteroatoms. The summed E-state index contributed by atoms with van der Waals surface area (Å²) in [5, 5.41) is 3.40. The van der Waals surface area contributed by atoms with E-state index in [-0.39, 0.29) is 0 Å². The van der Waals surface area contributed by atoms with Gasteiger partial charge in [0.1, 0.15) is 0 Å². The number of allylic oxidation sites excluding steroid dienone is 1. The molecule has 0 fully saturated rings. The fraction of sp³-hybridized carbons (Fsp3) is 0.333. The molecule has 0 aliphatic carbocycles. The average Bonchev–Trinajstić information content (AvgIpc) is 2.15. The van der Waals surface area contributed by atoms with Crippen molar-refractivity contribution in [2.75, 3.05) is 11.9 Å². The van der Waals surface area contributed by atoms with Crippen LogP contribution in [-0.2, 0) is 0 Å². The molecule has 0 bridgehead atoms. The molecule has 13 heavy (non-hydrogen) atoms. The Morgan fingerprint density at radius 3 is 2.85 bits per heavy atom. The molecule has 0 aliphatic rings. The van der Waals surface area contributed by atoms with Gasteiger partial charge in [0, 0.05) is 12.2 Å². The predicted octanol–water partition coefficient (Wildman–Crippen LogP) is 3.37. The summed E-state index contributed by atoms with van der Waals surface area (Å²) in [7, 11) is 0. The highest BCUT2D eigenvalue weighted by atomic mass is 14.9. The third-order valence-corrected chi connectivity index (χ3v) is 2.05. The third-order valence-electron chi connectivity index (χ3n) is 2.05. The van der Waals surface area contributed by atoms with Gasteiger partial charge in [-0.1, -0.05) is 24.3 Å². The van der Waals surface area contributed by atoms with Gasteiger partial charge in [0.05, 0.1) is 0 Å². The molecule has 0 saturated carbocycles. The van der Waals surface area contributed by atoms with Crippen LogP contribution in [0.1, 0.15) is 18.4 Å². The second-order valence-electron chi connectivity index (χ2n) is 3.17. The SMILES string of the molecule is C=CCCCNc1ccccc1C. The maximum Gasteiger partial charge on any atom is 0.0369 e. The highest BCUT2D eigenvalue weighted by molar-refractivity contribution is 5.49. The summed E-state index contributed by atoms with van der Waals surface area (Å²) in [5.74, 6) is 0. The Bertz CT molecular complexity index is 266. The number of anilines is 1. The lowest BCUT2D eigenvalue weighted by Gasteiger charge is -2.07. The topological polar surface area (TPSA) is 12.0 Å². The van der Waals surface area contributed by atoms with Crippen molar-refractivity contribution in [2.24, 2.45) is 0 Å². The number of benzene rings is 1. The van der Waals surface area contributed by atoms with E-state index in [1.165, 1.54) is 11.3 Å². The van der Waals surface area contributed by atoms with Gasteiger partial charge in [-0.2, -0.15) is 0 Å². The molecule has 1 aromatic rings. The fourth-order valence-corrected chi connectivity index (χ4v) is 1.24. The predicted molar refractivity (Wildman–Crippen MR) is 59.1 cm³/mol. The first-order valence-electron chi connectivity index (χ1n) is 4.75. The van der Waals surface area contributed by atoms with E-state index < -0.39 is 0 Å². The molecular formula is C12H17N. The first-order valence-corrected chi connectivity index (χ1v) is 4.75. The van der Waals surface area contributed by atoms with Crippen molar-refractivity contribution in [1.82, 2.24) is 0 Å². The summed E-state index contributed by atoms with van der Waals surface area (Å²) in [6, 6.07) is 8.35. The van der Waals surface area contributed by atoms with Gasteiger partial charge in [-0.3, -0.25) is 0 Å². The molecule has 0 aromatic heterocycles. The molecule has 1 nitrogen and oxygen atoms in total. The Labute approximate surface area is 80.5 Å². The lowest BCUT2D eigenvalue weighted by molar-refractivity contribution is 0.890. The van der Waals surface area contributed by atoms with Crippen molar-refractivity contribution in [1.29, 1.82) is 0 Å². The molecule has 1 rings (SSSR count). The zero-order valence-corrected chi connectivity index (χ0v) is 8.22. The van der Waals surface area contributed by atoms with Crippen molar-refractivity contribution < 1.29 is 0 Å². The van der Waals surface area contributed by atoms with E-state index in [4.69, 9.17) is 0 Å². The zero-order chi connectivity index (χ0) is 9.52. The Balaban J connectivity index is 2.36. The lowest BCUT2D eigenvalue weighted by atomic mass is 10.2. The first kappa shape index (κ1) is 9.85. The Kier molecular flexibility index (Phi) is 4.10. The van der Waals surface area contributed by atoms with Crippen LogP contribution in [0.15, 0.2) is 36.9 Å². The summed E-state index contributed by atoms with van der Waals surface area (Å²) in [5.41, 5.74) is 2.55. The second kappa shape index (κ2) is 5.41. The van der Waals surface area contributed by atoms with Crippen LogP contribution in [0.25, 0.3) is 0 Å². The highest BCUT2D eigenvalue weighted by Crippen LogP contribution is 2.12. The van der Waals surface area contributed by atoms with E-state index in [0.717, 1.165) is 19.4 Å². The molecule has 1 aromatic carbocycles. The minimum Gasteiger partial charge on any atom is -0.385 e. The summed E-state index contributed by atoms with van der Waals surface area (Å²) in [4.78, 5) is 0. The van der Waals surface area contributed by atoms with E-state index in [1.807, 2.05) is 6.08 Å². The molecule has 0 heterocycles. The van der Waals surface area contributed by atoms with E-state index in [0.29, 0.717) is 0 Å². The van der Waals surface area contributed by atoms with Crippen LogP contribution in [-0.4, -0.2) is 6.54 Å². The van der Waals surface area contributed by atoms with Gasteiger partial charge in [0.15, 0.2) is 0 Å². The average molecular weight is 175 g/mol. The van der Waals surface area contributed by atoms with Gasteiger partial charge in [-0.25, -0.2) is 0 Å². The first-order chi connectivity index (χ1) is 6.34. The van der Waals surface area contributed by atoms with Gasteiger partial charge in [0.25, 0.3) is 0 Å². The standard InChI is InChI=1S/C12H17N/c1-3-4-7-10-13-12-9-6-5-8-11(12)2/h3,5-6,8-9,13H,1,4,7,10H2,2H3. The van der Waals surface area contributed by atoms with Gasteiger partial charge >= 0.3 is 0 Å². The lowest BCUT2D eigenvalue weighted by Crippen LogP contribution is -2.01. The number of rotatable bonds is 5. The van der Waals surface area contributed by atoms with Crippen LogP contribution >= 0.6 is 0 Å². The van der Waals surface area contributed by atoms with E-state index in [1.54, 1.807) is 0 Å². The normalized spacial score (nSPS) is 9.62. The molecule has 0 atom stereocenters. The fourth-order valence-electron chi connectivity index (χ4n) is 1.24. The number of unbranched alkanes of at least 4 members (excludes halogenated alkanes) is 1. The molecule has 1 N–H and O–H groups in total. The minimum atomic E-state index is 1.02. The number of nitrogens with one attached hydrogen (secondary N) is 1. The smallest absolute Gasteiger partial charge is 0.0369 e. The van der Waals surface area contributed by atoms with Crippen LogP contribution in [0.3, 0.4) is 0 Å². The van der Waals surface area contributed by atoms with Crippen LogP contribution in [0.5, 0.6) is 0 Å². The Morgan fingerprint density at radius 2 is 2.15 bits per heavy atom. The molecule has 0 saturated heterocycles. The number of aryl methyl sites for hydroxylation is 1. The Morgan fingerprint density at radius 1 is 1.38 bits per heavy atom. The maximum atomic E-state index is 3.70. The number of hydrogen-bond acceptors (Lipinski definition) is 1. The highest BCUT2D eigenvalue weighted by Gasteiger charge is 1.93. The summed E-state index contributed by atoms with van der Waals surface area (Å²) < 4.78 is 0. The van der Waals surface area contributed by atoms with Gasteiger partial charge in [0.2, 0.25) is 0 Å². The van der Waals surface area contributed by atoms with Crippen molar-refractivity contribution in [3.8, 4) is 0 Å². The van der Waals surface area contributed by atoms with E-state index in [2.05, 4.69) is 43.1 Å². The van der Waals surface area contributed by atoms with Gasteiger partial charge < -0.3 is 5.32 Å². The largest absolute Gasteiger partial charge is 0.385 e. The molecule has 0 radical (unpaired) electrons. The third kappa shape index (κ3) is 3.32. The van der Waals surface area contributed by atoms with E-state index >= 15 is 0 Å².